The molecule has 1 aliphatic heterocycles. The van der Waals surface area contributed by atoms with Crippen LogP contribution in [-0.4, -0.2) is 22.6 Å². The molecule has 0 unspecified atom stereocenters. The second-order valence-corrected chi connectivity index (χ2v) is 6.91. The van der Waals surface area contributed by atoms with Gasteiger partial charge in [-0.1, -0.05) is 36.4 Å². The third-order valence-corrected chi connectivity index (χ3v) is 5.11. The van der Waals surface area contributed by atoms with Gasteiger partial charge in [0.15, 0.2) is 0 Å². The van der Waals surface area contributed by atoms with Crippen LogP contribution in [0.4, 0.5) is 4.79 Å². The fraction of sp³-hybridized carbons (Fsp3) is 0.176. The Morgan fingerprint density at radius 2 is 1.86 bits per heavy atom. The Labute approximate surface area is 137 Å². The van der Waals surface area contributed by atoms with Crippen molar-refractivity contribution in [3.05, 3.63) is 63.2 Å². The van der Waals surface area contributed by atoms with Crippen LogP contribution < -0.4 is 0 Å². The normalized spacial score (nSPS) is 16.7. The van der Waals surface area contributed by atoms with E-state index in [1.54, 1.807) is 17.4 Å². The van der Waals surface area contributed by atoms with Crippen molar-refractivity contribution in [2.24, 2.45) is 0 Å². The highest BCUT2D eigenvalue weighted by Gasteiger charge is 2.34. The molecule has 0 spiro atoms. The second-order valence-electron chi connectivity index (χ2n) is 4.94. The maximum absolute atomic E-state index is 12.3. The first-order chi connectivity index (χ1) is 10.7. The summed E-state index contributed by atoms with van der Waals surface area (Å²) in [4.78, 5) is 27.2. The molecule has 5 heteroatoms. The summed E-state index contributed by atoms with van der Waals surface area (Å²) in [5.74, 6) is -0.170. The van der Waals surface area contributed by atoms with E-state index in [9.17, 15) is 9.59 Å². The Kier molecular flexibility index (Phi) is 4.75. The molecular weight excluding hydrogens is 314 g/mol. The molecule has 2 aromatic rings. The quantitative estimate of drug-likeness (QED) is 0.762. The van der Waals surface area contributed by atoms with Gasteiger partial charge in [-0.2, -0.15) is 0 Å². The summed E-state index contributed by atoms with van der Waals surface area (Å²) in [6.45, 7) is 0.474. The van der Waals surface area contributed by atoms with E-state index in [4.69, 9.17) is 0 Å². The van der Waals surface area contributed by atoms with Crippen LogP contribution in [-0.2, 0) is 11.2 Å². The summed E-state index contributed by atoms with van der Waals surface area (Å²) >= 11 is 2.59. The molecule has 2 heterocycles. The van der Waals surface area contributed by atoms with Gasteiger partial charge < -0.3 is 0 Å². The predicted octanol–water partition coefficient (Wildman–Crippen LogP) is 4.42. The van der Waals surface area contributed by atoms with Gasteiger partial charge in [-0.15, -0.1) is 11.3 Å². The van der Waals surface area contributed by atoms with Crippen molar-refractivity contribution in [3.63, 3.8) is 0 Å². The van der Waals surface area contributed by atoms with Crippen molar-refractivity contribution in [2.45, 2.75) is 12.8 Å². The Morgan fingerprint density at radius 3 is 2.59 bits per heavy atom. The van der Waals surface area contributed by atoms with E-state index in [2.05, 4.69) is 12.1 Å². The molecule has 1 aromatic heterocycles. The number of rotatable bonds is 5. The smallest absolute Gasteiger partial charge is 0.268 e. The van der Waals surface area contributed by atoms with Crippen LogP contribution in [0.1, 0.15) is 16.9 Å². The number of carbonyl (C=O) groups excluding carboxylic acids is 2. The fourth-order valence-electron chi connectivity index (χ4n) is 2.28. The largest absolute Gasteiger partial charge is 0.293 e. The van der Waals surface area contributed by atoms with E-state index in [1.165, 1.54) is 10.5 Å². The van der Waals surface area contributed by atoms with E-state index in [0.29, 0.717) is 11.4 Å². The first-order valence-electron chi connectivity index (χ1n) is 7.07. The maximum Gasteiger partial charge on any atom is 0.293 e. The third-order valence-electron chi connectivity index (χ3n) is 3.38. The van der Waals surface area contributed by atoms with Crippen molar-refractivity contribution in [2.75, 3.05) is 6.54 Å². The van der Waals surface area contributed by atoms with Gasteiger partial charge in [-0.25, -0.2) is 0 Å². The Bertz CT molecular complexity index is 693. The predicted molar refractivity (Wildman–Crippen MR) is 91.8 cm³/mol. The number of thiophene rings is 1. The van der Waals surface area contributed by atoms with Gasteiger partial charge in [0.2, 0.25) is 0 Å². The monoisotopic (exact) mass is 329 g/mol. The van der Waals surface area contributed by atoms with Crippen LogP contribution in [0, 0.1) is 0 Å². The molecule has 1 fully saturated rings. The number of nitrogens with zero attached hydrogens (tertiary/aromatic N) is 1. The molecule has 1 aliphatic rings. The van der Waals surface area contributed by atoms with Gasteiger partial charge in [0, 0.05) is 11.4 Å². The molecule has 0 N–H and O–H groups in total. The number of hydrogen-bond acceptors (Lipinski definition) is 4. The molecule has 0 radical (unpaired) electrons. The first-order valence-corrected chi connectivity index (χ1v) is 8.76. The fourth-order valence-corrected chi connectivity index (χ4v) is 3.87. The van der Waals surface area contributed by atoms with Crippen molar-refractivity contribution < 1.29 is 9.59 Å². The summed E-state index contributed by atoms with van der Waals surface area (Å²) in [5, 5.41) is 1.79. The summed E-state index contributed by atoms with van der Waals surface area (Å²) < 4.78 is 0. The molecule has 0 saturated carbocycles. The van der Waals surface area contributed by atoms with E-state index in [-0.39, 0.29) is 11.1 Å². The summed E-state index contributed by atoms with van der Waals surface area (Å²) in [7, 11) is 0. The first kappa shape index (κ1) is 15.1. The van der Waals surface area contributed by atoms with Crippen LogP contribution in [0.5, 0.6) is 0 Å². The lowest BCUT2D eigenvalue weighted by atomic mass is 10.1. The van der Waals surface area contributed by atoms with Gasteiger partial charge in [0.25, 0.3) is 11.1 Å². The molecule has 3 rings (SSSR count). The summed E-state index contributed by atoms with van der Waals surface area (Å²) in [6.07, 6.45) is 3.45. The number of amides is 2. The average molecular weight is 329 g/mol. The van der Waals surface area contributed by atoms with E-state index < -0.39 is 0 Å². The third kappa shape index (κ3) is 3.48. The zero-order chi connectivity index (χ0) is 15.4. The SMILES string of the molecule is O=C1SC(=Cc2cccs2)C(=O)N1CCCc1ccccc1. The lowest BCUT2D eigenvalue weighted by Gasteiger charge is -2.11. The molecule has 0 atom stereocenters. The number of thioether (sulfide) groups is 1. The van der Waals surface area contributed by atoms with Gasteiger partial charge >= 0.3 is 0 Å². The number of carbonyl (C=O) groups is 2. The Hall–Kier alpha value is -1.85. The van der Waals surface area contributed by atoms with Gasteiger partial charge in [-0.3, -0.25) is 14.5 Å². The van der Waals surface area contributed by atoms with Crippen LogP contribution >= 0.6 is 23.1 Å². The van der Waals surface area contributed by atoms with Crippen molar-refractivity contribution >= 4 is 40.3 Å². The van der Waals surface area contributed by atoms with Crippen molar-refractivity contribution in [1.82, 2.24) is 4.90 Å². The lowest BCUT2D eigenvalue weighted by Crippen LogP contribution is -2.29. The average Bonchev–Trinajstić information content (AvgIpc) is 3.12. The highest BCUT2D eigenvalue weighted by Crippen LogP contribution is 2.33. The number of hydrogen-bond donors (Lipinski definition) is 0. The van der Waals surface area contributed by atoms with Crippen LogP contribution in [0.15, 0.2) is 52.7 Å². The van der Waals surface area contributed by atoms with Crippen LogP contribution in [0.3, 0.4) is 0 Å². The Balaban J connectivity index is 1.60. The zero-order valence-corrected chi connectivity index (χ0v) is 13.5. The Morgan fingerprint density at radius 1 is 1.05 bits per heavy atom. The highest BCUT2D eigenvalue weighted by molar-refractivity contribution is 8.18. The number of aryl methyl sites for hydroxylation is 1. The minimum absolute atomic E-state index is 0.166. The zero-order valence-electron chi connectivity index (χ0n) is 11.9. The van der Waals surface area contributed by atoms with Gasteiger partial charge in [0.05, 0.1) is 4.91 Å². The molecule has 112 valence electrons. The molecule has 22 heavy (non-hydrogen) atoms. The maximum atomic E-state index is 12.3. The standard InChI is InChI=1S/C17H15NO2S2/c19-16-15(12-14-9-5-11-21-14)22-17(20)18(16)10-4-8-13-6-2-1-3-7-13/h1-3,5-7,9,11-12H,4,8,10H2. The molecule has 1 saturated heterocycles. The summed E-state index contributed by atoms with van der Waals surface area (Å²) in [6, 6.07) is 14.0. The van der Waals surface area contributed by atoms with Crippen molar-refractivity contribution in [3.8, 4) is 0 Å². The molecule has 0 aliphatic carbocycles. The topological polar surface area (TPSA) is 37.4 Å². The molecule has 2 amide bonds. The van der Waals surface area contributed by atoms with E-state index in [0.717, 1.165) is 29.5 Å². The molecule has 0 bridgehead atoms. The number of benzene rings is 1. The van der Waals surface area contributed by atoms with E-state index in [1.807, 2.05) is 35.7 Å². The van der Waals surface area contributed by atoms with Gasteiger partial charge in [-0.05, 0) is 47.7 Å². The second kappa shape index (κ2) is 6.94. The minimum atomic E-state index is -0.170. The highest BCUT2D eigenvalue weighted by atomic mass is 32.2. The molecule has 3 nitrogen and oxygen atoms in total. The van der Waals surface area contributed by atoms with Crippen molar-refractivity contribution in [1.29, 1.82) is 0 Å². The number of imide groups is 1. The minimum Gasteiger partial charge on any atom is -0.268 e. The van der Waals surface area contributed by atoms with Crippen LogP contribution in [0.25, 0.3) is 6.08 Å². The summed E-state index contributed by atoms with van der Waals surface area (Å²) in [5.41, 5.74) is 1.23. The lowest BCUT2D eigenvalue weighted by molar-refractivity contribution is -0.122. The van der Waals surface area contributed by atoms with Gasteiger partial charge in [0.1, 0.15) is 0 Å². The van der Waals surface area contributed by atoms with Crippen LogP contribution in [0.2, 0.25) is 0 Å². The molecule has 1 aromatic carbocycles. The molecular formula is C17H15NO2S2. The van der Waals surface area contributed by atoms with E-state index >= 15 is 0 Å².